The molecule has 1 aliphatic rings. The summed E-state index contributed by atoms with van der Waals surface area (Å²) in [6.45, 7) is 2.27. The second kappa shape index (κ2) is 5.70. The van der Waals surface area contributed by atoms with Gasteiger partial charge in [-0.2, -0.15) is 0 Å². The quantitative estimate of drug-likeness (QED) is 0.686. The van der Waals surface area contributed by atoms with E-state index in [0.29, 0.717) is 37.7 Å². The third-order valence-corrected chi connectivity index (χ3v) is 2.71. The average molecular weight is 252 g/mol. The standard InChI is InChI=1S/C12H16N2O4/c13-10-2-1-8(12(15)16)5-11(10)14-6-9-7-17-3-4-18-9/h1-2,5,9,14H,3-4,6-7,13H2,(H,15,16). The Kier molecular flexibility index (Phi) is 4.01. The van der Waals surface area contributed by atoms with Crippen LogP contribution in [0.2, 0.25) is 0 Å². The molecule has 6 heteroatoms. The molecule has 1 aliphatic heterocycles. The molecule has 1 saturated heterocycles. The van der Waals surface area contributed by atoms with Gasteiger partial charge in [0, 0.05) is 6.54 Å². The number of ether oxygens (including phenoxy) is 2. The van der Waals surface area contributed by atoms with E-state index in [0.717, 1.165) is 0 Å². The van der Waals surface area contributed by atoms with Crippen LogP contribution in [0.25, 0.3) is 0 Å². The number of carbonyl (C=O) groups is 1. The Labute approximate surface area is 105 Å². The summed E-state index contributed by atoms with van der Waals surface area (Å²) in [4.78, 5) is 10.9. The summed E-state index contributed by atoms with van der Waals surface area (Å²) in [6.07, 6.45) is -0.0355. The second-order valence-electron chi connectivity index (χ2n) is 4.06. The highest BCUT2D eigenvalue weighted by Gasteiger charge is 2.14. The fourth-order valence-corrected chi connectivity index (χ4v) is 1.72. The summed E-state index contributed by atoms with van der Waals surface area (Å²) >= 11 is 0. The van der Waals surface area contributed by atoms with Crippen LogP contribution >= 0.6 is 0 Å². The van der Waals surface area contributed by atoms with E-state index in [4.69, 9.17) is 20.3 Å². The molecule has 0 aliphatic carbocycles. The number of carboxylic acid groups (broad SMARTS) is 1. The molecule has 1 unspecified atom stereocenters. The topological polar surface area (TPSA) is 93.8 Å². The predicted molar refractivity (Wildman–Crippen MR) is 66.9 cm³/mol. The molecule has 2 rings (SSSR count). The molecule has 0 radical (unpaired) electrons. The van der Waals surface area contributed by atoms with Gasteiger partial charge in [0.05, 0.1) is 42.9 Å². The number of hydrogen-bond acceptors (Lipinski definition) is 5. The van der Waals surface area contributed by atoms with Gasteiger partial charge in [-0.3, -0.25) is 0 Å². The molecule has 0 amide bonds. The normalized spacial score (nSPS) is 19.4. The van der Waals surface area contributed by atoms with Crippen molar-refractivity contribution in [3.05, 3.63) is 23.8 Å². The number of nitrogens with two attached hydrogens (primary N) is 1. The molecule has 1 aromatic carbocycles. The molecule has 0 saturated carbocycles. The maximum atomic E-state index is 10.9. The minimum absolute atomic E-state index is 0.0355. The van der Waals surface area contributed by atoms with Crippen LogP contribution in [-0.4, -0.2) is 43.5 Å². The third kappa shape index (κ3) is 3.12. The summed E-state index contributed by atoms with van der Waals surface area (Å²) in [5, 5.41) is 12.0. The van der Waals surface area contributed by atoms with Crippen LogP contribution in [0.15, 0.2) is 18.2 Å². The van der Waals surface area contributed by atoms with Crippen LogP contribution in [0, 0.1) is 0 Å². The minimum atomic E-state index is -0.977. The van der Waals surface area contributed by atoms with E-state index < -0.39 is 5.97 Å². The number of carboxylic acids is 1. The molecule has 4 N–H and O–H groups in total. The number of aromatic carboxylic acids is 1. The van der Waals surface area contributed by atoms with E-state index in [9.17, 15) is 4.79 Å². The first-order chi connectivity index (χ1) is 8.66. The molecule has 0 bridgehead atoms. The van der Waals surface area contributed by atoms with Gasteiger partial charge >= 0.3 is 5.97 Å². The Bertz CT molecular complexity index is 430. The average Bonchev–Trinajstić information content (AvgIpc) is 2.38. The van der Waals surface area contributed by atoms with Gasteiger partial charge in [0.15, 0.2) is 0 Å². The molecule has 1 atom stereocenters. The Morgan fingerprint density at radius 1 is 1.50 bits per heavy atom. The van der Waals surface area contributed by atoms with Gasteiger partial charge in [-0.25, -0.2) is 4.79 Å². The lowest BCUT2D eigenvalue weighted by Crippen LogP contribution is -2.34. The molecule has 1 fully saturated rings. The molecular weight excluding hydrogens is 236 g/mol. The number of hydrogen-bond donors (Lipinski definition) is 3. The number of rotatable bonds is 4. The van der Waals surface area contributed by atoms with Crippen molar-refractivity contribution in [2.24, 2.45) is 0 Å². The summed E-state index contributed by atoms with van der Waals surface area (Å²) in [5.41, 5.74) is 7.09. The van der Waals surface area contributed by atoms with Gasteiger partial charge in [-0.15, -0.1) is 0 Å². The van der Waals surface area contributed by atoms with E-state index in [1.54, 1.807) is 6.07 Å². The van der Waals surface area contributed by atoms with Crippen LogP contribution in [0.1, 0.15) is 10.4 Å². The number of nitrogens with one attached hydrogen (secondary N) is 1. The molecule has 0 spiro atoms. The maximum absolute atomic E-state index is 10.9. The fourth-order valence-electron chi connectivity index (χ4n) is 1.72. The first kappa shape index (κ1) is 12.7. The highest BCUT2D eigenvalue weighted by Crippen LogP contribution is 2.20. The van der Waals surface area contributed by atoms with Gasteiger partial charge < -0.3 is 25.6 Å². The maximum Gasteiger partial charge on any atom is 0.335 e. The zero-order valence-corrected chi connectivity index (χ0v) is 9.89. The summed E-state index contributed by atoms with van der Waals surface area (Å²) in [5.74, 6) is -0.977. The molecule has 0 aromatic heterocycles. The Balaban J connectivity index is 1.99. The predicted octanol–water partition coefficient (Wildman–Crippen LogP) is 0.794. The van der Waals surface area contributed by atoms with Gasteiger partial charge in [0.25, 0.3) is 0 Å². The van der Waals surface area contributed by atoms with Crippen molar-refractivity contribution >= 4 is 17.3 Å². The van der Waals surface area contributed by atoms with E-state index in [2.05, 4.69) is 5.32 Å². The molecule has 1 aromatic rings. The SMILES string of the molecule is Nc1ccc(C(=O)O)cc1NCC1COCCO1. The highest BCUT2D eigenvalue weighted by atomic mass is 16.6. The van der Waals surface area contributed by atoms with Crippen LogP contribution in [0.5, 0.6) is 0 Å². The van der Waals surface area contributed by atoms with Gasteiger partial charge in [0.1, 0.15) is 0 Å². The van der Waals surface area contributed by atoms with Crippen molar-refractivity contribution in [1.29, 1.82) is 0 Å². The zero-order chi connectivity index (χ0) is 13.0. The van der Waals surface area contributed by atoms with E-state index >= 15 is 0 Å². The molecular formula is C12H16N2O4. The van der Waals surface area contributed by atoms with Crippen LogP contribution in [0.3, 0.4) is 0 Å². The van der Waals surface area contributed by atoms with Gasteiger partial charge in [0.2, 0.25) is 0 Å². The number of anilines is 2. The Hall–Kier alpha value is -1.79. The Morgan fingerprint density at radius 3 is 3.00 bits per heavy atom. The summed E-state index contributed by atoms with van der Waals surface area (Å²) in [7, 11) is 0. The van der Waals surface area contributed by atoms with Crippen LogP contribution in [-0.2, 0) is 9.47 Å². The van der Waals surface area contributed by atoms with Crippen molar-refractivity contribution in [2.45, 2.75) is 6.10 Å². The zero-order valence-electron chi connectivity index (χ0n) is 9.89. The highest BCUT2D eigenvalue weighted by molar-refractivity contribution is 5.90. The lowest BCUT2D eigenvalue weighted by molar-refractivity contribution is -0.0818. The van der Waals surface area contributed by atoms with Crippen LogP contribution < -0.4 is 11.1 Å². The summed E-state index contributed by atoms with van der Waals surface area (Å²) < 4.78 is 10.7. The van der Waals surface area contributed by atoms with Crippen molar-refractivity contribution < 1.29 is 19.4 Å². The van der Waals surface area contributed by atoms with E-state index in [1.807, 2.05) is 0 Å². The molecule has 6 nitrogen and oxygen atoms in total. The number of nitrogen functional groups attached to an aromatic ring is 1. The van der Waals surface area contributed by atoms with Gasteiger partial charge in [-0.05, 0) is 18.2 Å². The fraction of sp³-hybridized carbons (Fsp3) is 0.417. The van der Waals surface area contributed by atoms with Crippen molar-refractivity contribution in [2.75, 3.05) is 37.4 Å². The van der Waals surface area contributed by atoms with Crippen molar-refractivity contribution in [3.63, 3.8) is 0 Å². The monoisotopic (exact) mass is 252 g/mol. The summed E-state index contributed by atoms with van der Waals surface area (Å²) in [6, 6.07) is 4.56. The first-order valence-corrected chi connectivity index (χ1v) is 5.73. The lowest BCUT2D eigenvalue weighted by atomic mass is 10.1. The third-order valence-electron chi connectivity index (χ3n) is 2.71. The van der Waals surface area contributed by atoms with Crippen molar-refractivity contribution in [3.8, 4) is 0 Å². The molecule has 1 heterocycles. The van der Waals surface area contributed by atoms with E-state index in [1.165, 1.54) is 12.1 Å². The smallest absolute Gasteiger partial charge is 0.335 e. The van der Waals surface area contributed by atoms with Crippen LogP contribution in [0.4, 0.5) is 11.4 Å². The number of benzene rings is 1. The Morgan fingerprint density at radius 2 is 2.33 bits per heavy atom. The minimum Gasteiger partial charge on any atom is -0.478 e. The second-order valence-corrected chi connectivity index (χ2v) is 4.06. The lowest BCUT2D eigenvalue weighted by Gasteiger charge is -2.23. The first-order valence-electron chi connectivity index (χ1n) is 5.73. The molecule has 98 valence electrons. The van der Waals surface area contributed by atoms with Crippen molar-refractivity contribution in [1.82, 2.24) is 0 Å². The van der Waals surface area contributed by atoms with Gasteiger partial charge in [-0.1, -0.05) is 0 Å². The van der Waals surface area contributed by atoms with E-state index in [-0.39, 0.29) is 11.7 Å². The molecule has 18 heavy (non-hydrogen) atoms. The largest absolute Gasteiger partial charge is 0.478 e.